The first-order valence-corrected chi connectivity index (χ1v) is 5.93. The Balaban J connectivity index is 2.34. The second-order valence-electron chi connectivity index (χ2n) is 4.15. The van der Waals surface area contributed by atoms with Gasteiger partial charge in [-0.2, -0.15) is 0 Å². The third kappa shape index (κ3) is 3.66. The summed E-state index contributed by atoms with van der Waals surface area (Å²) < 4.78 is 45.1. The van der Waals surface area contributed by atoms with Crippen molar-refractivity contribution in [2.45, 2.75) is 6.36 Å². The van der Waals surface area contributed by atoms with E-state index in [4.69, 9.17) is 9.84 Å². The molecule has 5 nitrogen and oxygen atoms in total. The molecule has 2 rings (SSSR count). The van der Waals surface area contributed by atoms with Gasteiger partial charge in [0.25, 0.3) is 0 Å². The van der Waals surface area contributed by atoms with Crippen LogP contribution in [0, 0.1) is 0 Å². The molecule has 1 N–H and O–H groups in total. The highest BCUT2D eigenvalue weighted by molar-refractivity contribution is 5.87. The molecule has 0 fully saturated rings. The summed E-state index contributed by atoms with van der Waals surface area (Å²) in [6.07, 6.45) is -3.48. The van der Waals surface area contributed by atoms with E-state index >= 15 is 0 Å². The van der Waals surface area contributed by atoms with Gasteiger partial charge in [0.2, 0.25) is 0 Å². The van der Waals surface area contributed by atoms with E-state index in [2.05, 4.69) is 9.72 Å². The van der Waals surface area contributed by atoms with Crippen LogP contribution in [0.4, 0.5) is 13.2 Å². The number of aromatic nitrogens is 1. The van der Waals surface area contributed by atoms with Crippen LogP contribution >= 0.6 is 0 Å². The minimum Gasteiger partial charge on any atom is -0.496 e. The fourth-order valence-electron chi connectivity index (χ4n) is 1.78. The molecule has 0 amide bonds. The van der Waals surface area contributed by atoms with E-state index in [1.165, 1.54) is 31.5 Å². The Hall–Kier alpha value is -2.77. The van der Waals surface area contributed by atoms with E-state index in [1.807, 2.05) is 0 Å². The normalized spacial score (nSPS) is 11.1. The highest BCUT2D eigenvalue weighted by Crippen LogP contribution is 2.32. The number of hydrogen-bond acceptors (Lipinski definition) is 4. The van der Waals surface area contributed by atoms with E-state index in [0.717, 1.165) is 12.1 Å². The average molecular weight is 313 g/mol. The van der Waals surface area contributed by atoms with Crippen molar-refractivity contribution in [3.63, 3.8) is 0 Å². The van der Waals surface area contributed by atoms with Crippen molar-refractivity contribution in [3.05, 3.63) is 42.2 Å². The van der Waals surface area contributed by atoms with E-state index in [1.54, 1.807) is 0 Å². The monoisotopic (exact) mass is 313 g/mol. The van der Waals surface area contributed by atoms with Crippen molar-refractivity contribution in [2.75, 3.05) is 7.11 Å². The number of aromatic carboxylic acids is 1. The molecular formula is C14H10F3NO4. The van der Waals surface area contributed by atoms with Gasteiger partial charge >= 0.3 is 12.3 Å². The molecule has 0 saturated carbocycles. The molecule has 0 spiro atoms. The number of ether oxygens (including phenoxy) is 2. The Morgan fingerprint density at radius 1 is 1.23 bits per heavy atom. The topological polar surface area (TPSA) is 68.7 Å². The van der Waals surface area contributed by atoms with Gasteiger partial charge in [0.15, 0.2) is 5.69 Å². The van der Waals surface area contributed by atoms with Crippen LogP contribution in [0.25, 0.3) is 11.1 Å². The van der Waals surface area contributed by atoms with Crippen molar-refractivity contribution in [1.82, 2.24) is 4.98 Å². The van der Waals surface area contributed by atoms with Gasteiger partial charge < -0.3 is 14.6 Å². The summed E-state index contributed by atoms with van der Waals surface area (Å²) in [5.41, 5.74) is 0.763. The van der Waals surface area contributed by atoms with Crippen LogP contribution in [0.15, 0.2) is 36.5 Å². The molecule has 1 aromatic carbocycles. The maximum Gasteiger partial charge on any atom is 0.573 e. The molecule has 0 saturated heterocycles. The van der Waals surface area contributed by atoms with E-state index in [-0.39, 0.29) is 17.2 Å². The lowest BCUT2D eigenvalue weighted by atomic mass is 10.1. The third-order valence-corrected chi connectivity index (χ3v) is 2.70. The zero-order valence-electron chi connectivity index (χ0n) is 11.2. The molecule has 0 aliphatic heterocycles. The molecule has 1 aromatic heterocycles. The first-order valence-electron chi connectivity index (χ1n) is 5.93. The lowest BCUT2D eigenvalue weighted by molar-refractivity contribution is -0.274. The van der Waals surface area contributed by atoms with Crippen LogP contribution < -0.4 is 9.47 Å². The number of methoxy groups -OCH3 is 1. The van der Waals surface area contributed by atoms with Gasteiger partial charge in [0.05, 0.1) is 7.11 Å². The van der Waals surface area contributed by atoms with E-state index < -0.39 is 12.3 Å². The summed E-state index contributed by atoms with van der Waals surface area (Å²) in [5.74, 6) is -1.32. The van der Waals surface area contributed by atoms with Gasteiger partial charge in [-0.3, -0.25) is 0 Å². The largest absolute Gasteiger partial charge is 0.573 e. The number of carbonyl (C=O) groups is 1. The maximum atomic E-state index is 12.1. The van der Waals surface area contributed by atoms with Gasteiger partial charge in [-0.05, 0) is 17.7 Å². The molecule has 0 aliphatic carbocycles. The predicted molar refractivity (Wildman–Crippen MR) is 69.9 cm³/mol. The Morgan fingerprint density at radius 2 is 1.86 bits per heavy atom. The molecule has 1 heterocycles. The zero-order valence-corrected chi connectivity index (χ0v) is 11.2. The molecule has 0 atom stereocenters. The predicted octanol–water partition coefficient (Wildman–Crippen LogP) is 3.35. The van der Waals surface area contributed by atoms with Gasteiger partial charge in [-0.25, -0.2) is 9.78 Å². The Bertz CT molecular complexity index is 683. The Kier molecular flexibility index (Phi) is 4.20. The summed E-state index contributed by atoms with van der Waals surface area (Å²) >= 11 is 0. The number of hydrogen-bond donors (Lipinski definition) is 1. The molecule has 2 aromatic rings. The van der Waals surface area contributed by atoms with Crippen LogP contribution in [0.2, 0.25) is 0 Å². The fourth-order valence-corrected chi connectivity index (χ4v) is 1.78. The number of carboxylic acid groups (broad SMARTS) is 1. The summed E-state index contributed by atoms with van der Waals surface area (Å²) in [6, 6.07) is 6.31. The summed E-state index contributed by atoms with van der Waals surface area (Å²) in [6.45, 7) is 0. The van der Waals surface area contributed by atoms with Crippen molar-refractivity contribution in [3.8, 4) is 22.6 Å². The van der Waals surface area contributed by atoms with Crippen molar-refractivity contribution in [1.29, 1.82) is 0 Å². The average Bonchev–Trinajstić information content (AvgIpc) is 2.45. The zero-order chi connectivity index (χ0) is 16.3. The van der Waals surface area contributed by atoms with Gasteiger partial charge in [-0.15, -0.1) is 13.2 Å². The number of benzene rings is 1. The number of halogens is 3. The lowest BCUT2D eigenvalue weighted by Crippen LogP contribution is -2.16. The molecule has 8 heteroatoms. The second kappa shape index (κ2) is 5.92. The SMILES string of the molecule is COc1cc(C(=O)O)ncc1-c1ccc(OC(F)(F)F)cc1. The molecule has 0 unspecified atom stereocenters. The van der Waals surface area contributed by atoms with Crippen LogP contribution in [0.3, 0.4) is 0 Å². The second-order valence-corrected chi connectivity index (χ2v) is 4.15. The maximum absolute atomic E-state index is 12.1. The van der Waals surface area contributed by atoms with E-state index in [9.17, 15) is 18.0 Å². The van der Waals surface area contributed by atoms with Gasteiger partial charge in [0.1, 0.15) is 11.5 Å². The molecule has 0 bridgehead atoms. The Morgan fingerprint density at radius 3 is 2.36 bits per heavy atom. The third-order valence-electron chi connectivity index (χ3n) is 2.70. The van der Waals surface area contributed by atoms with Crippen LogP contribution in [-0.2, 0) is 0 Å². The van der Waals surface area contributed by atoms with Crippen LogP contribution in [-0.4, -0.2) is 29.5 Å². The molecular weight excluding hydrogens is 303 g/mol. The molecule has 0 radical (unpaired) electrons. The number of rotatable bonds is 4. The standard InChI is InChI=1S/C14H10F3NO4/c1-21-12-6-11(13(19)20)18-7-10(12)8-2-4-9(5-3-8)22-14(15,16)17/h2-7H,1H3,(H,19,20). The summed E-state index contributed by atoms with van der Waals surface area (Å²) in [5, 5.41) is 8.87. The van der Waals surface area contributed by atoms with Gasteiger partial charge in [0, 0.05) is 17.8 Å². The first-order chi connectivity index (χ1) is 10.3. The first kappa shape index (κ1) is 15.6. The highest BCUT2D eigenvalue weighted by Gasteiger charge is 2.31. The van der Waals surface area contributed by atoms with E-state index in [0.29, 0.717) is 11.1 Å². The van der Waals surface area contributed by atoms with Crippen molar-refractivity contribution >= 4 is 5.97 Å². The minimum absolute atomic E-state index is 0.197. The number of alkyl halides is 3. The smallest absolute Gasteiger partial charge is 0.496 e. The van der Waals surface area contributed by atoms with Crippen LogP contribution in [0.1, 0.15) is 10.5 Å². The lowest BCUT2D eigenvalue weighted by Gasteiger charge is -2.11. The quantitative estimate of drug-likeness (QED) is 0.937. The minimum atomic E-state index is -4.76. The fraction of sp³-hybridized carbons (Fsp3) is 0.143. The Labute approximate surface area is 122 Å². The molecule has 22 heavy (non-hydrogen) atoms. The summed E-state index contributed by atoms with van der Waals surface area (Å²) in [4.78, 5) is 14.6. The van der Waals surface area contributed by atoms with Crippen LogP contribution in [0.5, 0.6) is 11.5 Å². The number of nitrogens with zero attached hydrogens (tertiary/aromatic N) is 1. The van der Waals surface area contributed by atoms with Gasteiger partial charge in [-0.1, -0.05) is 12.1 Å². The van der Waals surface area contributed by atoms with Crippen molar-refractivity contribution < 1.29 is 32.5 Å². The van der Waals surface area contributed by atoms with Crippen molar-refractivity contribution in [2.24, 2.45) is 0 Å². The molecule has 116 valence electrons. The highest BCUT2D eigenvalue weighted by atomic mass is 19.4. The number of carboxylic acids is 1. The number of pyridine rings is 1. The summed E-state index contributed by atoms with van der Waals surface area (Å²) in [7, 11) is 1.35. The molecule has 0 aliphatic rings.